The SMILES string of the molecule is N#Cc1cc(C#N)c(-c2ccc3c(c2)c2ccccc2n3-c2cc(-c3nc(-c4ccccc4)nc(-c4ccccc4)n3)ccc2-c2ccc(C(F)(F)F)cc2-n2c3ccccc3c3cc(-c4c(C#N)cc(C#N)cc4C#N)ccc32)c(C#N)c1. The number of nitriles is 6. The minimum Gasteiger partial charge on any atom is -0.309 e. The number of fused-ring (bicyclic) bond motifs is 6. The fraction of sp³-hybridized carbons (Fsp3) is 0.0143. The van der Waals surface area contributed by atoms with Gasteiger partial charge in [0.25, 0.3) is 0 Å². The fourth-order valence-corrected chi connectivity index (χ4v) is 11.3. The zero-order valence-electron chi connectivity index (χ0n) is 43.7. The van der Waals surface area contributed by atoms with Crippen LogP contribution >= 0.6 is 0 Å². The Bertz CT molecular complexity index is 5080. The van der Waals surface area contributed by atoms with E-state index >= 15 is 13.2 Å². The first-order valence-corrected chi connectivity index (χ1v) is 26.1. The summed E-state index contributed by atoms with van der Waals surface area (Å²) in [6, 6.07) is 72.7. The van der Waals surface area contributed by atoms with Crippen molar-refractivity contribution in [1.29, 1.82) is 31.6 Å². The number of nitrogens with zero attached hydrogens (tertiary/aromatic N) is 11. The summed E-state index contributed by atoms with van der Waals surface area (Å²) in [5.41, 5.74) is 7.82. The van der Waals surface area contributed by atoms with Gasteiger partial charge in [-0.05, 0) is 90.0 Å². The lowest BCUT2D eigenvalue weighted by molar-refractivity contribution is -0.137. The van der Waals surface area contributed by atoms with Crippen molar-refractivity contribution < 1.29 is 13.2 Å². The maximum atomic E-state index is 15.3. The molecule has 390 valence electrons. The molecule has 0 unspecified atom stereocenters. The van der Waals surface area contributed by atoms with Crippen LogP contribution in [-0.4, -0.2) is 24.1 Å². The normalized spacial score (nSPS) is 11.2. The van der Waals surface area contributed by atoms with Crippen molar-refractivity contribution in [3.05, 3.63) is 245 Å². The highest BCUT2D eigenvalue weighted by Gasteiger charge is 2.33. The second kappa shape index (κ2) is 20.3. The number of rotatable bonds is 8. The van der Waals surface area contributed by atoms with E-state index < -0.39 is 11.7 Å². The Kier molecular flexibility index (Phi) is 12.3. The van der Waals surface area contributed by atoms with Gasteiger partial charge in [0.15, 0.2) is 17.5 Å². The summed E-state index contributed by atoms with van der Waals surface area (Å²) < 4.78 is 49.9. The molecule has 0 bridgehead atoms. The first-order valence-electron chi connectivity index (χ1n) is 26.1. The van der Waals surface area contributed by atoms with Crippen LogP contribution in [0.2, 0.25) is 0 Å². The summed E-state index contributed by atoms with van der Waals surface area (Å²) >= 11 is 0. The molecule has 10 aromatic carbocycles. The monoisotopic (exact) mass is 1090 g/mol. The van der Waals surface area contributed by atoms with E-state index in [9.17, 15) is 31.6 Å². The largest absolute Gasteiger partial charge is 0.416 e. The quantitative estimate of drug-likeness (QED) is 0.142. The molecule has 13 rings (SSSR count). The van der Waals surface area contributed by atoms with Crippen LogP contribution in [-0.2, 0) is 6.18 Å². The third-order valence-electron chi connectivity index (χ3n) is 15.0. The maximum Gasteiger partial charge on any atom is 0.416 e. The molecule has 0 radical (unpaired) electrons. The number of alkyl halides is 3. The summed E-state index contributed by atoms with van der Waals surface area (Å²) in [6.07, 6.45) is -4.77. The molecule has 0 aliphatic rings. The van der Waals surface area contributed by atoms with Crippen LogP contribution in [0.3, 0.4) is 0 Å². The first kappa shape index (κ1) is 51.0. The highest BCUT2D eigenvalue weighted by molar-refractivity contribution is 6.13. The maximum absolute atomic E-state index is 15.3. The standard InChI is InChI=1S/C70H34F3N11/c71-70(72,73)52-22-24-56(64(34-52)84-60-18-10-8-16-54(60)58-32-46(21-26-62(58)84)66-50(39-78)29-42(36-75)30-51(66)40-79)55-23-19-47(69-81-67(43-11-3-1-4-12-43)80-68(82-69)44-13-5-2-6-14-44)33-63(55)83-59-17-9-7-15-53(59)57-31-45(20-25-61(57)83)65-48(37-76)27-41(35-74)28-49(65)38-77/h1-34H. The van der Waals surface area contributed by atoms with E-state index in [-0.39, 0.29) is 39.1 Å². The molecule has 0 N–H and O–H groups in total. The molecule has 84 heavy (non-hydrogen) atoms. The van der Waals surface area contributed by atoms with Crippen LogP contribution in [0.25, 0.3) is 123 Å². The molecule has 11 nitrogen and oxygen atoms in total. The van der Waals surface area contributed by atoms with E-state index in [1.807, 2.05) is 162 Å². The van der Waals surface area contributed by atoms with Crippen molar-refractivity contribution in [2.24, 2.45) is 0 Å². The molecule has 0 amide bonds. The van der Waals surface area contributed by atoms with Crippen LogP contribution in [0.15, 0.2) is 206 Å². The minimum absolute atomic E-state index is 0.115. The highest BCUT2D eigenvalue weighted by Crippen LogP contribution is 2.46. The topological polar surface area (TPSA) is 191 Å². The van der Waals surface area contributed by atoms with Crippen molar-refractivity contribution in [2.75, 3.05) is 0 Å². The number of para-hydroxylation sites is 2. The molecule has 0 aliphatic carbocycles. The Morgan fingerprint density at radius 3 is 1.11 bits per heavy atom. The second-order valence-corrected chi connectivity index (χ2v) is 19.7. The van der Waals surface area contributed by atoms with Gasteiger partial charge in [-0.2, -0.15) is 44.7 Å². The Morgan fingerprint density at radius 2 is 0.690 bits per heavy atom. The molecule has 3 aromatic heterocycles. The molecule has 0 saturated carbocycles. The van der Waals surface area contributed by atoms with Gasteiger partial charge in [-0.25, -0.2) is 15.0 Å². The first-order chi connectivity index (χ1) is 41.0. The summed E-state index contributed by atoms with van der Waals surface area (Å²) in [4.78, 5) is 15.1. The van der Waals surface area contributed by atoms with Gasteiger partial charge in [-0.15, -0.1) is 0 Å². The van der Waals surface area contributed by atoms with E-state index in [1.165, 1.54) is 30.3 Å². The van der Waals surface area contributed by atoms with Gasteiger partial charge in [0, 0.05) is 60.5 Å². The number of hydrogen-bond donors (Lipinski definition) is 0. The Morgan fingerprint density at radius 1 is 0.321 bits per heavy atom. The number of halogens is 3. The Labute approximate surface area is 477 Å². The van der Waals surface area contributed by atoms with Crippen LogP contribution < -0.4 is 0 Å². The molecular formula is C70H34F3N11. The average molecular weight is 1090 g/mol. The van der Waals surface area contributed by atoms with Gasteiger partial charge in [0.05, 0.1) is 109 Å². The lowest BCUT2D eigenvalue weighted by Gasteiger charge is -2.21. The number of aromatic nitrogens is 5. The lowest BCUT2D eigenvalue weighted by Crippen LogP contribution is -2.08. The smallest absolute Gasteiger partial charge is 0.309 e. The molecule has 0 aliphatic heterocycles. The fourth-order valence-electron chi connectivity index (χ4n) is 11.3. The number of hydrogen-bond acceptors (Lipinski definition) is 9. The van der Waals surface area contributed by atoms with E-state index in [4.69, 9.17) is 15.0 Å². The van der Waals surface area contributed by atoms with Crippen LogP contribution in [0.1, 0.15) is 38.9 Å². The van der Waals surface area contributed by atoms with Crippen molar-refractivity contribution in [2.45, 2.75) is 6.18 Å². The average Bonchev–Trinajstić information content (AvgIpc) is 2.27. The Hall–Kier alpha value is -12.5. The van der Waals surface area contributed by atoms with E-state index in [2.05, 4.69) is 24.3 Å². The van der Waals surface area contributed by atoms with E-state index in [1.54, 1.807) is 22.8 Å². The van der Waals surface area contributed by atoms with Gasteiger partial charge < -0.3 is 9.13 Å². The van der Waals surface area contributed by atoms with Crippen LogP contribution in [0.4, 0.5) is 13.2 Å². The third-order valence-corrected chi connectivity index (χ3v) is 15.0. The van der Waals surface area contributed by atoms with Gasteiger partial charge in [-0.1, -0.05) is 127 Å². The third kappa shape index (κ3) is 8.54. The molecule has 3 heterocycles. The van der Waals surface area contributed by atoms with Crippen molar-refractivity contribution in [3.63, 3.8) is 0 Å². The van der Waals surface area contributed by atoms with E-state index in [0.29, 0.717) is 94.9 Å². The lowest BCUT2D eigenvalue weighted by atomic mass is 9.92. The van der Waals surface area contributed by atoms with Crippen LogP contribution in [0.5, 0.6) is 0 Å². The molecule has 0 saturated heterocycles. The van der Waals surface area contributed by atoms with Gasteiger partial charge >= 0.3 is 6.18 Å². The van der Waals surface area contributed by atoms with Crippen LogP contribution in [0, 0.1) is 68.0 Å². The Balaban J connectivity index is 1.12. The molecule has 13 aromatic rings. The van der Waals surface area contributed by atoms with Crippen molar-refractivity contribution in [1.82, 2.24) is 24.1 Å². The minimum atomic E-state index is -4.77. The highest BCUT2D eigenvalue weighted by atomic mass is 19.4. The van der Waals surface area contributed by atoms with Gasteiger partial charge in [0.1, 0.15) is 0 Å². The molecule has 0 spiro atoms. The van der Waals surface area contributed by atoms with Gasteiger partial charge in [-0.3, -0.25) is 0 Å². The van der Waals surface area contributed by atoms with Crippen molar-refractivity contribution >= 4 is 43.6 Å². The number of benzene rings is 10. The zero-order chi connectivity index (χ0) is 57.8. The second-order valence-electron chi connectivity index (χ2n) is 19.7. The van der Waals surface area contributed by atoms with E-state index in [0.717, 1.165) is 34.0 Å². The molecular weight excluding hydrogens is 1050 g/mol. The molecule has 0 atom stereocenters. The molecule has 0 fully saturated rings. The van der Waals surface area contributed by atoms with Crippen molar-refractivity contribution in [3.8, 4) is 115 Å². The summed E-state index contributed by atoms with van der Waals surface area (Å²) in [7, 11) is 0. The summed E-state index contributed by atoms with van der Waals surface area (Å²) in [5.74, 6) is 1.15. The predicted molar refractivity (Wildman–Crippen MR) is 314 cm³/mol. The summed E-state index contributed by atoms with van der Waals surface area (Å²) in [5, 5.41) is 63.7. The van der Waals surface area contributed by atoms with Gasteiger partial charge in [0.2, 0.25) is 0 Å². The zero-order valence-corrected chi connectivity index (χ0v) is 43.7. The molecule has 14 heteroatoms. The summed E-state index contributed by atoms with van der Waals surface area (Å²) in [6.45, 7) is 0. The predicted octanol–water partition coefficient (Wildman–Crippen LogP) is 16.3.